The van der Waals surface area contributed by atoms with E-state index in [4.69, 9.17) is 57.9 Å². The van der Waals surface area contributed by atoms with E-state index in [-0.39, 0.29) is 34.0 Å². The van der Waals surface area contributed by atoms with Gasteiger partial charge in [0.15, 0.2) is 34.7 Å². The smallest absolute Gasteiger partial charge is 0.325 e. The summed E-state index contributed by atoms with van der Waals surface area (Å²) >= 11 is 11.2. The lowest BCUT2D eigenvalue weighted by atomic mass is 10.1. The van der Waals surface area contributed by atoms with Crippen molar-refractivity contribution in [2.24, 2.45) is 0 Å². The lowest BCUT2D eigenvalue weighted by Crippen LogP contribution is -2.34. The first kappa shape index (κ1) is 31.3. The van der Waals surface area contributed by atoms with Crippen LogP contribution in [0, 0.1) is 0 Å². The Bertz CT molecular complexity index is 1950. The zero-order valence-corrected chi connectivity index (χ0v) is 26.4. The normalized spacial score (nSPS) is 37.7. The first-order chi connectivity index (χ1) is 21.3. The number of alkyl halides is 2. The number of thioether (sulfide) groups is 1. The van der Waals surface area contributed by atoms with Gasteiger partial charge >= 0.3 is 13.4 Å². The van der Waals surface area contributed by atoms with Gasteiger partial charge in [0.2, 0.25) is 5.95 Å². The van der Waals surface area contributed by atoms with Gasteiger partial charge in [-0.25, -0.2) is 18.4 Å². The molecule has 2 unspecified atom stereocenters. The summed E-state index contributed by atoms with van der Waals surface area (Å²) in [5.74, 6) is -0.252. The fourth-order valence-electron chi connectivity index (χ4n) is 5.06. The lowest BCUT2D eigenvalue weighted by Gasteiger charge is -2.27. The van der Waals surface area contributed by atoms with Crippen LogP contribution in [-0.4, -0.2) is 104 Å². The number of nitrogens with two attached hydrogens (primary N) is 2. The molecular formula is C19H21F2N11O8P2S3. The number of rotatable bonds is 2. The van der Waals surface area contributed by atoms with Crippen molar-refractivity contribution in [1.29, 1.82) is 0 Å². The highest BCUT2D eigenvalue weighted by Gasteiger charge is 2.54. The minimum atomic E-state index is -4.32. The Labute approximate surface area is 263 Å². The molecule has 0 aliphatic carbocycles. The predicted octanol–water partition coefficient (Wildman–Crippen LogP) is -0.0427. The second-order valence-electron chi connectivity index (χ2n) is 9.95. The van der Waals surface area contributed by atoms with Gasteiger partial charge in [-0.05, 0) is 29.7 Å². The maximum Gasteiger partial charge on any atom is 0.325 e. The number of ether oxygens (including phenoxy) is 1. The lowest BCUT2D eigenvalue weighted by molar-refractivity contribution is -0.0494. The number of hydrogen-bond acceptors (Lipinski definition) is 17. The molecule has 2 bridgehead atoms. The molecule has 7 heterocycles. The Morgan fingerprint density at radius 1 is 1.00 bits per heavy atom. The Hall–Kier alpha value is -2.34. The van der Waals surface area contributed by atoms with Crippen LogP contribution in [0.4, 0.5) is 20.4 Å². The molecule has 10 atom stereocenters. The van der Waals surface area contributed by atoms with E-state index in [2.05, 4.69) is 35.6 Å². The molecule has 3 fully saturated rings. The van der Waals surface area contributed by atoms with Gasteiger partial charge in [0, 0.05) is 6.20 Å². The van der Waals surface area contributed by atoms with Gasteiger partial charge in [-0.3, -0.25) is 18.8 Å². The van der Waals surface area contributed by atoms with Crippen molar-refractivity contribution in [2.45, 2.75) is 47.5 Å². The fraction of sp³-hybridized carbons (Fsp3) is 0.526. The fourth-order valence-corrected chi connectivity index (χ4v) is 9.53. The summed E-state index contributed by atoms with van der Waals surface area (Å²) in [7, 11) is 0. The van der Waals surface area contributed by atoms with Crippen LogP contribution < -0.4 is 17.0 Å². The summed E-state index contributed by atoms with van der Waals surface area (Å²) in [6.07, 6.45) is -8.69. The van der Waals surface area contributed by atoms with E-state index in [1.165, 1.54) is 12.3 Å². The van der Waals surface area contributed by atoms with Crippen molar-refractivity contribution < 1.29 is 41.4 Å². The molecule has 45 heavy (non-hydrogen) atoms. The van der Waals surface area contributed by atoms with Crippen LogP contribution >= 0.6 is 25.2 Å². The molecule has 3 aliphatic rings. The Morgan fingerprint density at radius 3 is 2.47 bits per heavy atom. The molecule has 0 spiro atoms. The summed E-state index contributed by atoms with van der Waals surface area (Å²) in [6.45, 7) is -9.80. The second kappa shape index (κ2) is 11.4. The highest BCUT2D eigenvalue weighted by Crippen LogP contribution is 2.57. The van der Waals surface area contributed by atoms with Crippen LogP contribution in [0.15, 0.2) is 17.1 Å². The number of aromatic nitrogens is 9. The van der Waals surface area contributed by atoms with Gasteiger partial charge in [0.25, 0.3) is 5.56 Å². The number of pyridine rings is 1. The van der Waals surface area contributed by atoms with Crippen LogP contribution in [0.3, 0.4) is 0 Å². The van der Waals surface area contributed by atoms with Crippen LogP contribution in [0.2, 0.25) is 0 Å². The van der Waals surface area contributed by atoms with Crippen LogP contribution in [0.25, 0.3) is 22.3 Å². The topological polar surface area (TPSA) is 259 Å². The van der Waals surface area contributed by atoms with Crippen LogP contribution in [0.1, 0.15) is 11.6 Å². The first-order valence-corrected chi connectivity index (χ1v) is 18.9. The number of hydrogen-bond donors (Lipinski definition) is 5. The molecule has 4 aromatic rings. The van der Waals surface area contributed by atoms with Crippen LogP contribution in [0.5, 0.6) is 0 Å². The van der Waals surface area contributed by atoms with Gasteiger partial charge in [-0.1, -0.05) is 10.4 Å². The summed E-state index contributed by atoms with van der Waals surface area (Å²) in [6, 6.07) is 1.48. The van der Waals surface area contributed by atoms with Crippen molar-refractivity contribution >= 4 is 82.8 Å². The zero-order valence-electron chi connectivity index (χ0n) is 22.1. The summed E-state index contributed by atoms with van der Waals surface area (Å²) in [5.41, 5.74) is 11.1. The maximum atomic E-state index is 16.0. The van der Waals surface area contributed by atoms with E-state index < -0.39 is 79.7 Å². The molecule has 4 aromatic heterocycles. The highest BCUT2D eigenvalue weighted by atomic mass is 32.5. The summed E-state index contributed by atoms with van der Waals surface area (Å²) in [4.78, 5) is 44.7. The summed E-state index contributed by atoms with van der Waals surface area (Å²) in [5, 5.41) is 13.3. The number of halogens is 2. The van der Waals surface area contributed by atoms with E-state index in [1.807, 2.05) is 0 Å². The number of nitrogen functional groups attached to an aromatic ring is 2. The minimum absolute atomic E-state index is 0.0974. The Morgan fingerprint density at radius 2 is 1.69 bits per heavy atom. The molecule has 3 saturated heterocycles. The van der Waals surface area contributed by atoms with Crippen molar-refractivity contribution in [2.75, 3.05) is 24.7 Å². The molecule has 0 radical (unpaired) electrons. The number of nitrogens with zero attached hydrogens (tertiary/aromatic N) is 8. The molecule has 3 aliphatic heterocycles. The van der Waals surface area contributed by atoms with E-state index in [9.17, 15) is 14.6 Å². The average Bonchev–Trinajstić information content (AvgIpc) is 3.72. The highest BCUT2D eigenvalue weighted by molar-refractivity contribution is 8.07. The quantitative estimate of drug-likeness (QED) is 0.170. The molecule has 0 saturated carbocycles. The van der Waals surface area contributed by atoms with Gasteiger partial charge in [0.05, 0.1) is 24.2 Å². The third-order valence-corrected chi connectivity index (χ3v) is 11.7. The minimum Gasteiger partial charge on any atom is -0.397 e. The molecule has 0 aromatic carbocycles. The number of anilines is 2. The number of nitrogens with one attached hydrogen (secondary N) is 1. The molecule has 242 valence electrons. The third kappa shape index (κ3) is 5.65. The SMILES string of the molecule is Nc1nc2c(nnn2[C@@H]2S[C@@H]3COP(O)(=S)O[C@H]4[C@H](F)[C@H](n5nnc6c(N)ccnc65)O[C@@H]4COP(O)(=S)O[C@@H]2[C@H]3F)c(=O)[nH]1. The molecular weight excluding hydrogens is 706 g/mol. The molecule has 0 amide bonds. The van der Waals surface area contributed by atoms with Crippen molar-refractivity contribution in [3.63, 3.8) is 0 Å². The number of fused-ring (bicyclic) bond motifs is 5. The van der Waals surface area contributed by atoms with E-state index >= 15 is 8.78 Å². The molecule has 7 rings (SSSR count). The first-order valence-electron chi connectivity index (χ1n) is 12.8. The third-order valence-electron chi connectivity index (χ3n) is 7.07. The van der Waals surface area contributed by atoms with E-state index in [0.717, 1.165) is 21.1 Å². The van der Waals surface area contributed by atoms with Crippen LogP contribution in [-0.2, 0) is 46.4 Å². The zero-order chi connectivity index (χ0) is 31.8. The number of H-pyrrole nitrogens is 1. The standard InChI is InChI=1S/C19H21F2N11O8P2S3/c20-8-7-4-37-42(35,44)39-12-6(38-17(9(12)21)31-14-10(27-29-31)5(22)1-2-24-14)3-36-41(34,43)40-13(8)18(45-7)32-15-11(28-30-32)16(33)26-19(23)25-15/h1-2,6-9,12-13,17-18H,3-4H2,(H2,22,24)(H,34,43)(H,35,44)(H3,23,25,26,33)/t6-,7-,8+,9+,12-,13-,17-,18-,41?,42?/m1/s1. The van der Waals surface area contributed by atoms with Gasteiger partial charge in [0.1, 0.15) is 29.9 Å². The number of aromatic amines is 1. The monoisotopic (exact) mass is 727 g/mol. The Balaban J connectivity index is 1.21. The van der Waals surface area contributed by atoms with Crippen molar-refractivity contribution in [3.8, 4) is 0 Å². The van der Waals surface area contributed by atoms with E-state index in [1.54, 1.807) is 0 Å². The van der Waals surface area contributed by atoms with Crippen molar-refractivity contribution in [1.82, 2.24) is 44.9 Å². The van der Waals surface area contributed by atoms with Gasteiger partial charge in [-0.15, -0.1) is 22.0 Å². The summed E-state index contributed by atoms with van der Waals surface area (Å²) < 4.78 is 62.0. The Kier molecular flexibility index (Phi) is 7.94. The van der Waals surface area contributed by atoms with E-state index in [0.29, 0.717) is 0 Å². The molecule has 26 heteroatoms. The predicted molar refractivity (Wildman–Crippen MR) is 159 cm³/mol. The largest absolute Gasteiger partial charge is 0.397 e. The van der Waals surface area contributed by atoms with Crippen molar-refractivity contribution in [3.05, 3.63) is 22.6 Å². The van der Waals surface area contributed by atoms with Gasteiger partial charge < -0.3 is 35.0 Å². The molecule has 7 N–H and O–H groups in total. The maximum absolute atomic E-state index is 16.0. The second-order valence-corrected chi connectivity index (χ2v) is 16.9. The van der Waals surface area contributed by atoms with Gasteiger partial charge in [-0.2, -0.15) is 9.67 Å². The average molecular weight is 728 g/mol. The molecule has 19 nitrogen and oxygen atoms in total.